The first-order chi connectivity index (χ1) is 17.4. The number of amides is 2. The van der Waals surface area contributed by atoms with E-state index in [0.717, 1.165) is 36.8 Å². The van der Waals surface area contributed by atoms with Crippen molar-refractivity contribution in [2.24, 2.45) is 0 Å². The number of rotatable bonds is 9. The summed E-state index contributed by atoms with van der Waals surface area (Å²) >= 11 is 19.0. The standard InChI is InChI=1S/C29H29Cl3N2O2/c30-23-15-14-22(26(32)18-23)19-34(28(35)17-21-10-4-7-13-25(21)31)27(16-20-8-2-1-3-9-20)29(36)33-24-11-5-6-12-24/h1-4,7-10,13-15,18,24,27H,5-6,11-12,16-17,19H2,(H,33,36)/t27-/m1/s1. The lowest BCUT2D eigenvalue weighted by molar-refractivity contribution is -0.141. The normalized spacial score (nSPS) is 14.4. The van der Waals surface area contributed by atoms with Crippen molar-refractivity contribution in [3.63, 3.8) is 0 Å². The molecule has 0 bridgehead atoms. The molecule has 0 aliphatic heterocycles. The van der Waals surface area contributed by atoms with E-state index in [4.69, 9.17) is 34.8 Å². The lowest BCUT2D eigenvalue weighted by Gasteiger charge is -2.33. The average molecular weight is 544 g/mol. The average Bonchev–Trinajstić information content (AvgIpc) is 3.37. The molecule has 0 heterocycles. The van der Waals surface area contributed by atoms with E-state index >= 15 is 0 Å². The fraction of sp³-hybridized carbons (Fsp3) is 0.310. The molecule has 2 amide bonds. The molecule has 1 aliphatic rings. The SMILES string of the molecule is O=C(NC1CCCC1)[C@@H](Cc1ccccc1)N(Cc1ccc(Cl)cc1Cl)C(=O)Cc1ccccc1Cl. The van der Waals surface area contributed by atoms with Crippen LogP contribution in [0.15, 0.2) is 72.8 Å². The van der Waals surface area contributed by atoms with Crippen molar-refractivity contribution in [2.45, 2.75) is 57.2 Å². The second-order valence-electron chi connectivity index (χ2n) is 9.22. The van der Waals surface area contributed by atoms with Crippen LogP contribution in [0.3, 0.4) is 0 Å². The third-order valence-corrected chi connectivity index (χ3v) is 7.58. The highest BCUT2D eigenvalue weighted by molar-refractivity contribution is 6.35. The minimum atomic E-state index is -0.713. The van der Waals surface area contributed by atoms with Crippen molar-refractivity contribution in [3.05, 3.63) is 105 Å². The molecule has 0 unspecified atom stereocenters. The number of nitrogens with zero attached hydrogens (tertiary/aromatic N) is 1. The van der Waals surface area contributed by atoms with Crippen molar-refractivity contribution < 1.29 is 9.59 Å². The van der Waals surface area contributed by atoms with Crippen LogP contribution < -0.4 is 5.32 Å². The van der Waals surface area contributed by atoms with Crippen LogP contribution in [-0.2, 0) is 29.0 Å². The van der Waals surface area contributed by atoms with Gasteiger partial charge in [0, 0.05) is 34.1 Å². The Bertz CT molecular complexity index is 1200. The monoisotopic (exact) mass is 542 g/mol. The Labute approximate surface area is 227 Å². The highest BCUT2D eigenvalue weighted by atomic mass is 35.5. The molecule has 3 aromatic carbocycles. The Kier molecular flexibility index (Phi) is 9.30. The number of hydrogen-bond acceptors (Lipinski definition) is 2. The molecule has 0 radical (unpaired) electrons. The van der Waals surface area contributed by atoms with Crippen molar-refractivity contribution in [1.29, 1.82) is 0 Å². The zero-order chi connectivity index (χ0) is 25.5. The smallest absolute Gasteiger partial charge is 0.243 e. The van der Waals surface area contributed by atoms with Gasteiger partial charge in [-0.3, -0.25) is 9.59 Å². The number of halogens is 3. The summed E-state index contributed by atoms with van der Waals surface area (Å²) in [5, 5.41) is 4.69. The van der Waals surface area contributed by atoms with Gasteiger partial charge in [0.05, 0.1) is 6.42 Å². The third-order valence-electron chi connectivity index (χ3n) is 6.63. The molecule has 36 heavy (non-hydrogen) atoms. The van der Waals surface area contributed by atoms with Gasteiger partial charge < -0.3 is 10.2 Å². The van der Waals surface area contributed by atoms with E-state index < -0.39 is 6.04 Å². The summed E-state index contributed by atoms with van der Waals surface area (Å²) in [4.78, 5) is 29.2. The molecule has 1 saturated carbocycles. The molecule has 1 N–H and O–H groups in total. The summed E-state index contributed by atoms with van der Waals surface area (Å²) in [7, 11) is 0. The van der Waals surface area contributed by atoms with Crippen LogP contribution in [0.4, 0.5) is 0 Å². The maximum Gasteiger partial charge on any atom is 0.243 e. The van der Waals surface area contributed by atoms with E-state index in [1.165, 1.54) is 0 Å². The fourth-order valence-electron chi connectivity index (χ4n) is 4.66. The lowest BCUT2D eigenvalue weighted by Crippen LogP contribution is -2.52. The van der Waals surface area contributed by atoms with E-state index in [9.17, 15) is 9.59 Å². The minimum absolute atomic E-state index is 0.0763. The molecule has 1 fully saturated rings. The summed E-state index contributed by atoms with van der Waals surface area (Å²) < 4.78 is 0. The number of hydrogen-bond donors (Lipinski definition) is 1. The molecule has 0 aromatic heterocycles. The van der Waals surface area contributed by atoms with Gasteiger partial charge >= 0.3 is 0 Å². The number of carbonyl (C=O) groups excluding carboxylic acids is 2. The lowest BCUT2D eigenvalue weighted by atomic mass is 10.0. The molecule has 4 nitrogen and oxygen atoms in total. The van der Waals surface area contributed by atoms with Crippen molar-refractivity contribution in [2.75, 3.05) is 0 Å². The molecule has 0 saturated heterocycles. The van der Waals surface area contributed by atoms with Crippen LogP contribution in [0.25, 0.3) is 0 Å². The van der Waals surface area contributed by atoms with E-state index in [0.29, 0.717) is 27.1 Å². The Balaban J connectivity index is 1.69. The third kappa shape index (κ3) is 7.03. The first-order valence-corrected chi connectivity index (χ1v) is 13.3. The van der Waals surface area contributed by atoms with Crippen LogP contribution in [0.2, 0.25) is 15.1 Å². The highest BCUT2D eigenvalue weighted by Crippen LogP contribution is 2.26. The predicted octanol–water partition coefficient (Wildman–Crippen LogP) is 6.89. The van der Waals surface area contributed by atoms with Crippen molar-refractivity contribution >= 4 is 46.6 Å². The fourth-order valence-corrected chi connectivity index (χ4v) is 5.33. The van der Waals surface area contributed by atoms with Gasteiger partial charge in [0.25, 0.3) is 0 Å². The summed E-state index contributed by atoms with van der Waals surface area (Å²) in [6.07, 6.45) is 4.58. The number of nitrogens with one attached hydrogen (secondary N) is 1. The summed E-state index contributed by atoms with van der Waals surface area (Å²) in [5.74, 6) is -0.347. The molecule has 7 heteroatoms. The van der Waals surface area contributed by atoms with Crippen LogP contribution >= 0.6 is 34.8 Å². The molecule has 188 valence electrons. The van der Waals surface area contributed by atoms with Gasteiger partial charge in [-0.2, -0.15) is 0 Å². The van der Waals surface area contributed by atoms with Gasteiger partial charge in [0.1, 0.15) is 6.04 Å². The Hall–Kier alpha value is -2.53. The maximum atomic E-state index is 13.8. The Morgan fingerprint density at radius 1 is 0.861 bits per heavy atom. The quantitative estimate of drug-likeness (QED) is 0.319. The second kappa shape index (κ2) is 12.6. The first kappa shape index (κ1) is 26.5. The van der Waals surface area contributed by atoms with Crippen LogP contribution in [0, 0.1) is 0 Å². The molecule has 1 aliphatic carbocycles. The van der Waals surface area contributed by atoms with Crippen LogP contribution in [0.1, 0.15) is 42.4 Å². The maximum absolute atomic E-state index is 13.8. The van der Waals surface area contributed by atoms with Gasteiger partial charge in [0.15, 0.2) is 0 Å². The summed E-state index contributed by atoms with van der Waals surface area (Å²) in [5.41, 5.74) is 2.41. The van der Waals surface area contributed by atoms with Gasteiger partial charge in [-0.05, 0) is 47.7 Å². The van der Waals surface area contributed by atoms with E-state index in [-0.39, 0.29) is 30.8 Å². The van der Waals surface area contributed by atoms with E-state index in [1.807, 2.05) is 48.5 Å². The van der Waals surface area contributed by atoms with E-state index in [2.05, 4.69) is 5.32 Å². The Morgan fingerprint density at radius 3 is 2.25 bits per heavy atom. The van der Waals surface area contributed by atoms with Gasteiger partial charge in [-0.1, -0.05) is 102 Å². The molecule has 1 atom stereocenters. The zero-order valence-electron chi connectivity index (χ0n) is 19.9. The second-order valence-corrected chi connectivity index (χ2v) is 10.5. The largest absolute Gasteiger partial charge is 0.352 e. The number of carbonyl (C=O) groups is 2. The summed E-state index contributed by atoms with van der Waals surface area (Å²) in [6.45, 7) is 0.175. The minimum Gasteiger partial charge on any atom is -0.352 e. The summed E-state index contributed by atoms with van der Waals surface area (Å²) in [6, 6.07) is 21.6. The highest BCUT2D eigenvalue weighted by Gasteiger charge is 2.32. The van der Waals surface area contributed by atoms with Crippen molar-refractivity contribution in [3.8, 4) is 0 Å². The van der Waals surface area contributed by atoms with Crippen LogP contribution in [0.5, 0.6) is 0 Å². The van der Waals surface area contributed by atoms with Crippen LogP contribution in [-0.4, -0.2) is 28.8 Å². The topological polar surface area (TPSA) is 49.4 Å². The van der Waals surface area contributed by atoms with Gasteiger partial charge in [-0.25, -0.2) is 0 Å². The predicted molar refractivity (Wildman–Crippen MR) is 147 cm³/mol. The van der Waals surface area contributed by atoms with Gasteiger partial charge in [-0.15, -0.1) is 0 Å². The molecular weight excluding hydrogens is 515 g/mol. The zero-order valence-corrected chi connectivity index (χ0v) is 22.2. The van der Waals surface area contributed by atoms with Gasteiger partial charge in [0.2, 0.25) is 11.8 Å². The molecule has 3 aromatic rings. The number of benzene rings is 3. The molecule has 4 rings (SSSR count). The van der Waals surface area contributed by atoms with Crippen molar-refractivity contribution in [1.82, 2.24) is 10.2 Å². The first-order valence-electron chi connectivity index (χ1n) is 12.2. The molecular formula is C29H29Cl3N2O2. The molecule has 0 spiro atoms. The van der Waals surface area contributed by atoms with E-state index in [1.54, 1.807) is 29.2 Å². The Morgan fingerprint density at radius 2 is 1.56 bits per heavy atom.